The highest BCUT2D eigenvalue weighted by molar-refractivity contribution is 5.83. The highest BCUT2D eigenvalue weighted by Crippen LogP contribution is 2.28. The van der Waals surface area contributed by atoms with Crippen LogP contribution >= 0.6 is 0 Å². The van der Waals surface area contributed by atoms with E-state index in [0.29, 0.717) is 12.5 Å². The number of benzene rings is 2. The zero-order valence-electron chi connectivity index (χ0n) is 12.4. The number of nitrogens with one attached hydrogen (secondary N) is 2. The van der Waals surface area contributed by atoms with E-state index in [1.807, 2.05) is 0 Å². The Morgan fingerprint density at radius 2 is 1.90 bits per heavy atom. The quantitative estimate of drug-likeness (QED) is 0.800. The molecular formula is C18H22N2O. The van der Waals surface area contributed by atoms with E-state index < -0.39 is 0 Å². The molecule has 0 radical (unpaired) electrons. The van der Waals surface area contributed by atoms with Gasteiger partial charge in [0.1, 0.15) is 0 Å². The van der Waals surface area contributed by atoms with Crippen LogP contribution in [0.25, 0.3) is 10.8 Å². The van der Waals surface area contributed by atoms with Crippen molar-refractivity contribution in [1.29, 1.82) is 0 Å². The minimum absolute atomic E-state index is 0.218. The van der Waals surface area contributed by atoms with Gasteiger partial charge in [-0.05, 0) is 42.2 Å². The van der Waals surface area contributed by atoms with Gasteiger partial charge < -0.3 is 10.6 Å². The molecule has 3 nitrogen and oxygen atoms in total. The largest absolute Gasteiger partial charge is 0.355 e. The van der Waals surface area contributed by atoms with E-state index in [9.17, 15) is 4.79 Å². The fraction of sp³-hybridized carbons (Fsp3) is 0.389. The molecule has 2 N–H and O–H groups in total. The maximum Gasteiger partial charge on any atom is 0.223 e. The van der Waals surface area contributed by atoms with Crippen molar-refractivity contribution < 1.29 is 4.79 Å². The van der Waals surface area contributed by atoms with E-state index in [1.54, 1.807) is 0 Å². The van der Waals surface area contributed by atoms with Crippen molar-refractivity contribution in [2.24, 2.45) is 5.92 Å². The Hall–Kier alpha value is -1.87. The van der Waals surface area contributed by atoms with Gasteiger partial charge in [0.2, 0.25) is 5.91 Å². The molecule has 0 aromatic heterocycles. The Kier molecular flexibility index (Phi) is 4.20. The Bertz CT molecular complexity index is 634. The molecule has 110 valence electrons. The van der Waals surface area contributed by atoms with Crippen LogP contribution in [0.1, 0.15) is 31.4 Å². The van der Waals surface area contributed by atoms with E-state index >= 15 is 0 Å². The van der Waals surface area contributed by atoms with Gasteiger partial charge >= 0.3 is 0 Å². The lowest BCUT2D eigenvalue weighted by Crippen LogP contribution is -2.33. The number of carbonyl (C=O) groups is 1. The second kappa shape index (κ2) is 6.27. The third kappa shape index (κ3) is 3.61. The van der Waals surface area contributed by atoms with Crippen molar-refractivity contribution in [2.45, 2.75) is 25.8 Å². The van der Waals surface area contributed by atoms with Gasteiger partial charge in [0.05, 0.1) is 0 Å². The minimum atomic E-state index is 0.218. The van der Waals surface area contributed by atoms with E-state index in [-0.39, 0.29) is 11.9 Å². The summed E-state index contributed by atoms with van der Waals surface area (Å²) in [6, 6.07) is 15.2. The molecular weight excluding hydrogens is 260 g/mol. The first-order valence-electron chi connectivity index (χ1n) is 7.74. The minimum Gasteiger partial charge on any atom is -0.355 e. The predicted octanol–water partition coefficient (Wildman–Crippen LogP) is 3.02. The summed E-state index contributed by atoms with van der Waals surface area (Å²) in [5.74, 6) is 0.512. The smallest absolute Gasteiger partial charge is 0.223 e. The van der Waals surface area contributed by atoms with Crippen LogP contribution in [0.5, 0.6) is 0 Å². The molecule has 1 unspecified atom stereocenters. The molecule has 0 aliphatic heterocycles. The molecule has 0 saturated heterocycles. The lowest BCUT2D eigenvalue weighted by Gasteiger charge is -2.15. The van der Waals surface area contributed by atoms with Gasteiger partial charge in [0.25, 0.3) is 0 Å². The second-order valence-corrected chi connectivity index (χ2v) is 5.85. The Morgan fingerprint density at radius 3 is 2.67 bits per heavy atom. The molecule has 0 spiro atoms. The summed E-state index contributed by atoms with van der Waals surface area (Å²) in [5, 5.41) is 8.98. The van der Waals surface area contributed by atoms with Gasteiger partial charge in [0, 0.05) is 25.0 Å². The zero-order valence-corrected chi connectivity index (χ0v) is 12.4. The van der Waals surface area contributed by atoms with Gasteiger partial charge in [-0.3, -0.25) is 4.79 Å². The number of hydrogen-bond acceptors (Lipinski definition) is 2. The SMILES string of the molecule is CC(NCCNC(=O)C1CC1)c1ccc2ccccc2c1. The third-order valence-electron chi connectivity index (χ3n) is 4.10. The zero-order chi connectivity index (χ0) is 14.7. The number of hydrogen-bond donors (Lipinski definition) is 2. The van der Waals surface area contributed by atoms with E-state index in [0.717, 1.165) is 19.4 Å². The number of rotatable bonds is 6. The van der Waals surface area contributed by atoms with Crippen LogP contribution in [-0.2, 0) is 4.79 Å². The molecule has 0 bridgehead atoms. The highest BCUT2D eigenvalue weighted by Gasteiger charge is 2.28. The van der Waals surface area contributed by atoms with Gasteiger partial charge in [0.15, 0.2) is 0 Å². The van der Waals surface area contributed by atoms with E-state index in [2.05, 4.69) is 60.0 Å². The molecule has 0 heterocycles. The summed E-state index contributed by atoms with van der Waals surface area (Å²) >= 11 is 0. The maximum absolute atomic E-state index is 11.5. The summed E-state index contributed by atoms with van der Waals surface area (Å²) < 4.78 is 0. The monoisotopic (exact) mass is 282 g/mol. The van der Waals surface area contributed by atoms with Gasteiger partial charge in [-0.25, -0.2) is 0 Å². The second-order valence-electron chi connectivity index (χ2n) is 5.85. The Labute approximate surface area is 125 Å². The molecule has 2 aromatic rings. The summed E-state index contributed by atoms with van der Waals surface area (Å²) in [7, 11) is 0. The van der Waals surface area contributed by atoms with Gasteiger partial charge in [-0.2, -0.15) is 0 Å². The molecule has 1 saturated carbocycles. The van der Waals surface area contributed by atoms with Crippen LogP contribution in [0.3, 0.4) is 0 Å². The van der Waals surface area contributed by atoms with Crippen molar-refractivity contribution in [3.8, 4) is 0 Å². The van der Waals surface area contributed by atoms with Gasteiger partial charge in [-0.1, -0.05) is 36.4 Å². The van der Waals surface area contributed by atoms with Crippen LogP contribution in [0.2, 0.25) is 0 Å². The summed E-state index contributed by atoms with van der Waals surface area (Å²) in [4.78, 5) is 11.5. The van der Waals surface area contributed by atoms with Crippen LogP contribution in [0.15, 0.2) is 42.5 Å². The number of carbonyl (C=O) groups excluding carboxylic acids is 1. The topological polar surface area (TPSA) is 41.1 Å². The first-order valence-corrected chi connectivity index (χ1v) is 7.74. The fourth-order valence-electron chi connectivity index (χ4n) is 2.56. The lowest BCUT2D eigenvalue weighted by molar-refractivity contribution is -0.122. The standard InChI is InChI=1S/C18H22N2O/c1-13(19-10-11-20-18(21)15-7-8-15)16-9-6-14-4-2-3-5-17(14)12-16/h2-6,9,12-13,15,19H,7-8,10-11H2,1H3,(H,20,21). The van der Waals surface area contributed by atoms with Crippen molar-refractivity contribution in [2.75, 3.05) is 13.1 Å². The normalized spacial score (nSPS) is 15.9. The molecule has 21 heavy (non-hydrogen) atoms. The van der Waals surface area contributed by atoms with Crippen LogP contribution < -0.4 is 10.6 Å². The molecule has 1 fully saturated rings. The van der Waals surface area contributed by atoms with Crippen LogP contribution in [0.4, 0.5) is 0 Å². The first kappa shape index (κ1) is 14.1. The van der Waals surface area contributed by atoms with Crippen molar-refractivity contribution in [1.82, 2.24) is 10.6 Å². The number of fused-ring (bicyclic) bond motifs is 1. The van der Waals surface area contributed by atoms with Crippen molar-refractivity contribution in [3.05, 3.63) is 48.0 Å². The Balaban J connectivity index is 1.51. The molecule has 1 aliphatic rings. The molecule has 2 aromatic carbocycles. The average molecular weight is 282 g/mol. The summed E-state index contributed by atoms with van der Waals surface area (Å²) in [5.41, 5.74) is 1.28. The number of amides is 1. The average Bonchev–Trinajstić information content (AvgIpc) is 3.35. The molecule has 3 heteroatoms. The van der Waals surface area contributed by atoms with E-state index in [1.165, 1.54) is 16.3 Å². The maximum atomic E-state index is 11.5. The molecule has 3 rings (SSSR count). The van der Waals surface area contributed by atoms with Crippen LogP contribution in [-0.4, -0.2) is 19.0 Å². The summed E-state index contributed by atoms with van der Waals surface area (Å²) in [6.07, 6.45) is 2.12. The first-order chi connectivity index (χ1) is 10.2. The molecule has 1 aliphatic carbocycles. The molecule has 1 atom stereocenters. The van der Waals surface area contributed by atoms with Crippen molar-refractivity contribution >= 4 is 16.7 Å². The Morgan fingerprint density at radius 1 is 1.14 bits per heavy atom. The third-order valence-corrected chi connectivity index (χ3v) is 4.10. The van der Waals surface area contributed by atoms with Crippen LogP contribution in [0, 0.1) is 5.92 Å². The molecule has 1 amide bonds. The lowest BCUT2D eigenvalue weighted by atomic mass is 10.0. The van der Waals surface area contributed by atoms with E-state index in [4.69, 9.17) is 0 Å². The fourth-order valence-corrected chi connectivity index (χ4v) is 2.56. The highest BCUT2D eigenvalue weighted by atomic mass is 16.2. The van der Waals surface area contributed by atoms with Gasteiger partial charge in [-0.15, -0.1) is 0 Å². The van der Waals surface area contributed by atoms with Crippen molar-refractivity contribution in [3.63, 3.8) is 0 Å². The summed E-state index contributed by atoms with van der Waals surface area (Å²) in [6.45, 7) is 3.66. The predicted molar refractivity (Wildman–Crippen MR) is 86.1 cm³/mol.